The van der Waals surface area contributed by atoms with E-state index in [4.69, 9.17) is 0 Å². The lowest BCUT2D eigenvalue weighted by atomic mass is 9.96. The van der Waals surface area contributed by atoms with Gasteiger partial charge in [0.2, 0.25) is 0 Å². The first kappa shape index (κ1) is 13.2. The number of aliphatic carboxylic acids is 1. The summed E-state index contributed by atoms with van der Waals surface area (Å²) in [5, 5.41) is 9.26. The Labute approximate surface area is 118 Å². The highest BCUT2D eigenvalue weighted by Gasteiger charge is 2.19. The fraction of sp³-hybridized carbons (Fsp3) is 0.231. The van der Waals surface area contributed by atoms with Crippen molar-refractivity contribution in [3.8, 4) is 0 Å². The van der Waals surface area contributed by atoms with Gasteiger partial charge in [-0.25, -0.2) is 0 Å². The highest BCUT2D eigenvalue weighted by Crippen LogP contribution is 2.19. The Morgan fingerprint density at radius 3 is 2.61 bits per heavy atom. The van der Waals surface area contributed by atoms with Crippen LogP contribution in [-0.4, -0.2) is 16.1 Å². The molecule has 1 heterocycles. The maximum atomic E-state index is 11.3. The molecule has 1 unspecified atom stereocenters. The summed E-state index contributed by atoms with van der Waals surface area (Å²) in [6.07, 6.45) is 2.82. The molecule has 94 valence electrons. The van der Waals surface area contributed by atoms with Gasteiger partial charge in [0.1, 0.15) is 0 Å². The molecule has 0 saturated heterocycles. The van der Waals surface area contributed by atoms with Gasteiger partial charge in [-0.05, 0) is 30.5 Å². The highest BCUT2D eigenvalue weighted by molar-refractivity contribution is 9.10. The molecule has 1 atom stereocenters. The summed E-state index contributed by atoms with van der Waals surface area (Å²) in [5.41, 5.74) is 2.77. The number of aromatic nitrogens is 1. The van der Waals surface area contributed by atoms with Crippen LogP contribution < -0.4 is 0 Å². The molecule has 0 radical (unpaired) electrons. The van der Waals surface area contributed by atoms with Crippen LogP contribution in [0.1, 0.15) is 10.4 Å². The molecule has 1 N–H and O–H groups in total. The topological polar surface area (TPSA) is 50.2 Å². The first-order valence-corrected chi connectivity index (χ1v) is 7.17. The summed E-state index contributed by atoms with van der Waals surface area (Å²) >= 11 is 4.87. The van der Waals surface area contributed by atoms with Crippen LogP contribution in [0.2, 0.25) is 0 Å². The van der Waals surface area contributed by atoms with E-state index in [-0.39, 0.29) is 0 Å². The van der Waals surface area contributed by atoms with Crippen molar-refractivity contribution in [1.29, 1.82) is 0 Å². The number of hydrogen-bond acceptors (Lipinski definition) is 3. The van der Waals surface area contributed by atoms with Crippen LogP contribution >= 0.6 is 27.3 Å². The van der Waals surface area contributed by atoms with Gasteiger partial charge in [0, 0.05) is 15.5 Å². The molecule has 0 aliphatic carbocycles. The Morgan fingerprint density at radius 1 is 1.33 bits per heavy atom. The summed E-state index contributed by atoms with van der Waals surface area (Å²) in [6, 6.07) is 7.77. The zero-order chi connectivity index (χ0) is 13.0. The van der Waals surface area contributed by atoms with Gasteiger partial charge in [-0.15, -0.1) is 11.3 Å². The van der Waals surface area contributed by atoms with E-state index < -0.39 is 11.9 Å². The van der Waals surface area contributed by atoms with E-state index in [9.17, 15) is 9.90 Å². The van der Waals surface area contributed by atoms with Gasteiger partial charge in [0.15, 0.2) is 0 Å². The average Bonchev–Trinajstić information content (AvgIpc) is 2.84. The normalized spacial score (nSPS) is 12.3. The first-order valence-electron chi connectivity index (χ1n) is 5.50. The molecule has 1 aromatic carbocycles. The predicted molar refractivity (Wildman–Crippen MR) is 74.8 cm³/mol. The van der Waals surface area contributed by atoms with Gasteiger partial charge in [-0.1, -0.05) is 28.1 Å². The second-order valence-electron chi connectivity index (χ2n) is 4.04. The number of nitrogens with zero attached hydrogens (tertiary/aromatic N) is 1. The number of carbonyl (C=O) groups is 1. The summed E-state index contributed by atoms with van der Waals surface area (Å²) < 4.78 is 1.00. The molecule has 0 aliphatic rings. The minimum Gasteiger partial charge on any atom is -0.481 e. The zero-order valence-electron chi connectivity index (χ0n) is 9.54. The molecule has 18 heavy (non-hydrogen) atoms. The van der Waals surface area contributed by atoms with E-state index in [1.54, 1.807) is 11.7 Å². The largest absolute Gasteiger partial charge is 0.481 e. The Bertz CT molecular complexity index is 510. The van der Waals surface area contributed by atoms with Crippen LogP contribution in [0.5, 0.6) is 0 Å². The van der Waals surface area contributed by atoms with Crippen molar-refractivity contribution in [2.75, 3.05) is 0 Å². The summed E-state index contributed by atoms with van der Waals surface area (Å²) in [5.74, 6) is -1.15. The Morgan fingerprint density at radius 2 is 2.06 bits per heavy atom. The summed E-state index contributed by atoms with van der Waals surface area (Å²) in [6.45, 7) is 0. The quantitative estimate of drug-likeness (QED) is 0.916. The van der Waals surface area contributed by atoms with E-state index in [2.05, 4.69) is 20.9 Å². The molecule has 3 nitrogen and oxygen atoms in total. The average molecular weight is 326 g/mol. The summed E-state index contributed by atoms with van der Waals surface area (Å²) in [4.78, 5) is 16.3. The van der Waals surface area contributed by atoms with E-state index in [1.165, 1.54) is 11.3 Å². The van der Waals surface area contributed by atoms with Crippen LogP contribution in [0.3, 0.4) is 0 Å². The standard InChI is InChI=1S/C13H12BrNO2S/c14-11-3-1-9(2-4-11)5-10(13(16)17)6-12-7-15-8-18-12/h1-4,7-8,10H,5-6H2,(H,16,17). The monoisotopic (exact) mass is 325 g/mol. The molecule has 0 fully saturated rings. The lowest BCUT2D eigenvalue weighted by Crippen LogP contribution is -2.18. The van der Waals surface area contributed by atoms with Crippen molar-refractivity contribution in [3.63, 3.8) is 0 Å². The maximum absolute atomic E-state index is 11.3. The highest BCUT2D eigenvalue weighted by atomic mass is 79.9. The molecule has 0 saturated carbocycles. The lowest BCUT2D eigenvalue weighted by molar-refractivity contribution is -0.141. The third-order valence-electron chi connectivity index (χ3n) is 2.68. The smallest absolute Gasteiger partial charge is 0.307 e. The molecule has 0 aliphatic heterocycles. The first-order chi connectivity index (χ1) is 8.65. The minimum absolute atomic E-state index is 0.397. The number of carboxylic acids is 1. The van der Waals surface area contributed by atoms with Crippen LogP contribution in [-0.2, 0) is 17.6 Å². The number of rotatable bonds is 5. The van der Waals surface area contributed by atoms with Crippen LogP contribution in [0.25, 0.3) is 0 Å². The zero-order valence-corrected chi connectivity index (χ0v) is 11.9. The van der Waals surface area contributed by atoms with Gasteiger partial charge in [-0.2, -0.15) is 0 Å². The van der Waals surface area contributed by atoms with Crippen molar-refractivity contribution in [3.05, 3.63) is 50.9 Å². The van der Waals surface area contributed by atoms with Gasteiger partial charge in [0.05, 0.1) is 11.4 Å². The molecule has 0 bridgehead atoms. The van der Waals surface area contributed by atoms with Gasteiger partial charge in [0.25, 0.3) is 0 Å². The molecule has 5 heteroatoms. The van der Waals surface area contributed by atoms with Crippen molar-refractivity contribution in [2.45, 2.75) is 12.8 Å². The number of hydrogen-bond donors (Lipinski definition) is 1. The maximum Gasteiger partial charge on any atom is 0.307 e. The number of carboxylic acid groups (broad SMARTS) is 1. The number of benzene rings is 1. The fourth-order valence-electron chi connectivity index (χ4n) is 1.74. The molecule has 0 spiro atoms. The van der Waals surface area contributed by atoms with Crippen molar-refractivity contribution < 1.29 is 9.90 Å². The number of thiazole rings is 1. The number of halogens is 1. The van der Waals surface area contributed by atoms with Crippen LogP contribution in [0, 0.1) is 5.92 Å². The second-order valence-corrected chi connectivity index (χ2v) is 5.92. The van der Waals surface area contributed by atoms with E-state index in [1.807, 2.05) is 24.3 Å². The Hall–Kier alpha value is -1.20. The predicted octanol–water partition coefficient (Wildman–Crippen LogP) is 3.39. The van der Waals surface area contributed by atoms with Crippen LogP contribution in [0.4, 0.5) is 0 Å². The SMILES string of the molecule is O=C(O)C(Cc1ccc(Br)cc1)Cc1cncs1. The van der Waals surface area contributed by atoms with Gasteiger partial charge in [-0.3, -0.25) is 9.78 Å². The second kappa shape index (κ2) is 6.11. The third kappa shape index (κ3) is 3.65. The molecular formula is C13H12BrNO2S. The molecule has 2 rings (SSSR count). The van der Waals surface area contributed by atoms with E-state index in [0.717, 1.165) is 14.9 Å². The van der Waals surface area contributed by atoms with E-state index in [0.29, 0.717) is 12.8 Å². The van der Waals surface area contributed by atoms with Crippen molar-refractivity contribution >= 4 is 33.2 Å². The third-order valence-corrected chi connectivity index (χ3v) is 4.01. The van der Waals surface area contributed by atoms with E-state index >= 15 is 0 Å². The Kier molecular flexibility index (Phi) is 4.49. The van der Waals surface area contributed by atoms with Gasteiger partial charge < -0.3 is 5.11 Å². The minimum atomic E-state index is -0.758. The van der Waals surface area contributed by atoms with Gasteiger partial charge >= 0.3 is 5.97 Å². The molecular weight excluding hydrogens is 314 g/mol. The fourth-order valence-corrected chi connectivity index (χ4v) is 2.68. The summed E-state index contributed by atoms with van der Waals surface area (Å²) in [7, 11) is 0. The molecule has 0 amide bonds. The lowest BCUT2D eigenvalue weighted by Gasteiger charge is -2.11. The van der Waals surface area contributed by atoms with Crippen molar-refractivity contribution in [2.24, 2.45) is 5.92 Å². The molecule has 1 aromatic heterocycles. The van der Waals surface area contributed by atoms with Crippen molar-refractivity contribution in [1.82, 2.24) is 4.98 Å². The van der Waals surface area contributed by atoms with Crippen LogP contribution in [0.15, 0.2) is 40.4 Å². The Balaban J connectivity index is 2.06. The molecule has 2 aromatic rings.